The summed E-state index contributed by atoms with van der Waals surface area (Å²) in [5.41, 5.74) is 5.20. The van der Waals surface area contributed by atoms with Gasteiger partial charge in [-0.05, 0) is 19.3 Å². The lowest BCUT2D eigenvalue weighted by molar-refractivity contribution is -0.121. The number of rotatable bonds is 19. The second-order valence-corrected chi connectivity index (χ2v) is 8.73. The van der Waals surface area contributed by atoms with E-state index in [0.29, 0.717) is 13.0 Å². The van der Waals surface area contributed by atoms with Crippen molar-refractivity contribution in [1.82, 2.24) is 10.6 Å². The molecule has 0 unspecified atom stereocenters. The molecule has 0 aromatic rings. The highest BCUT2D eigenvalue weighted by Gasteiger charge is 2.00. The van der Waals surface area contributed by atoms with E-state index in [0.717, 1.165) is 25.8 Å². The molecule has 0 radical (unpaired) electrons. The molecule has 0 aliphatic rings. The molecule has 0 rings (SSSR count). The molecule has 0 fully saturated rings. The van der Waals surface area contributed by atoms with Gasteiger partial charge in [-0.2, -0.15) is 8.42 Å². The molecule has 186 valence electrons. The van der Waals surface area contributed by atoms with Crippen LogP contribution in [0.3, 0.4) is 0 Å². The van der Waals surface area contributed by atoms with E-state index in [1.54, 1.807) is 0 Å². The molecule has 0 aromatic heterocycles. The lowest BCUT2D eigenvalue weighted by Gasteiger charge is -2.06. The largest absolute Gasteiger partial charge is 0.394 e. The van der Waals surface area contributed by atoms with Crippen LogP contribution in [0.4, 0.5) is 0 Å². The molecule has 0 heterocycles. The zero-order valence-corrected chi connectivity index (χ0v) is 20.1. The highest BCUT2D eigenvalue weighted by Crippen LogP contribution is 2.12. The lowest BCUT2D eigenvalue weighted by Crippen LogP contribution is -2.31. The highest BCUT2D eigenvalue weighted by molar-refractivity contribution is 7.79. The zero-order valence-electron chi connectivity index (χ0n) is 19.3. The lowest BCUT2D eigenvalue weighted by atomic mass is 10.0. The number of carbonyl (C=O) groups is 1. The van der Waals surface area contributed by atoms with Gasteiger partial charge in [0.05, 0.1) is 0 Å². The molecule has 7 N–H and O–H groups in total. The summed E-state index contributed by atoms with van der Waals surface area (Å²) in [6.07, 6.45) is 19.8. The van der Waals surface area contributed by atoms with Crippen LogP contribution in [0, 0.1) is 5.41 Å². The normalized spacial score (nSPS) is 10.8. The SMILES string of the molecule is CCCCCCCCCCCCCCCC(=O)NCCCCNC(=N)N.O=S(=O)(O)O. The quantitative estimate of drug-likeness (QED) is 0.0718. The molecule has 0 aromatic carbocycles. The van der Waals surface area contributed by atoms with Gasteiger partial charge < -0.3 is 16.4 Å². The number of nitrogens with one attached hydrogen (secondary N) is 3. The van der Waals surface area contributed by atoms with E-state index in [1.165, 1.54) is 77.0 Å². The van der Waals surface area contributed by atoms with Gasteiger partial charge in [0.1, 0.15) is 0 Å². The van der Waals surface area contributed by atoms with E-state index in [1.807, 2.05) is 0 Å². The van der Waals surface area contributed by atoms with E-state index in [2.05, 4.69) is 17.6 Å². The third-order valence-electron chi connectivity index (χ3n) is 4.75. The number of amides is 1. The van der Waals surface area contributed by atoms with Crippen LogP contribution in [0.5, 0.6) is 0 Å². The Morgan fingerprint density at radius 1 is 0.742 bits per heavy atom. The molecule has 0 saturated heterocycles. The fraction of sp³-hybridized carbons (Fsp3) is 0.905. The summed E-state index contributed by atoms with van der Waals surface area (Å²) in [6.45, 7) is 3.69. The van der Waals surface area contributed by atoms with Gasteiger partial charge in [0.15, 0.2) is 5.96 Å². The highest BCUT2D eigenvalue weighted by atomic mass is 32.3. The van der Waals surface area contributed by atoms with Crippen LogP contribution in [-0.4, -0.2) is 42.5 Å². The van der Waals surface area contributed by atoms with Gasteiger partial charge in [0, 0.05) is 19.5 Å². The van der Waals surface area contributed by atoms with Crippen molar-refractivity contribution in [1.29, 1.82) is 5.41 Å². The molecule has 0 spiro atoms. The second kappa shape index (κ2) is 23.3. The molecule has 0 saturated carbocycles. The number of hydrogen-bond acceptors (Lipinski definition) is 4. The first-order chi connectivity index (χ1) is 14.7. The van der Waals surface area contributed by atoms with E-state index in [-0.39, 0.29) is 11.9 Å². The number of hydrogen-bond donors (Lipinski definition) is 6. The average molecular weight is 467 g/mol. The maximum absolute atomic E-state index is 11.7. The van der Waals surface area contributed by atoms with Crippen molar-refractivity contribution in [2.45, 2.75) is 110 Å². The van der Waals surface area contributed by atoms with Crippen LogP contribution in [0.2, 0.25) is 0 Å². The van der Waals surface area contributed by atoms with E-state index >= 15 is 0 Å². The fourth-order valence-corrected chi connectivity index (χ4v) is 3.09. The van der Waals surface area contributed by atoms with Crippen molar-refractivity contribution in [3.63, 3.8) is 0 Å². The number of guanidine groups is 1. The van der Waals surface area contributed by atoms with Crippen LogP contribution >= 0.6 is 0 Å². The molecule has 0 atom stereocenters. The van der Waals surface area contributed by atoms with Gasteiger partial charge in [0.25, 0.3) is 0 Å². The third-order valence-corrected chi connectivity index (χ3v) is 4.75. The molecular formula is C21H46N4O5S. The number of nitrogens with two attached hydrogens (primary N) is 1. The summed E-state index contributed by atoms with van der Waals surface area (Å²) < 4.78 is 31.6. The van der Waals surface area contributed by atoms with Crippen molar-refractivity contribution < 1.29 is 22.3 Å². The summed E-state index contributed by atoms with van der Waals surface area (Å²) in [6, 6.07) is 0. The second-order valence-electron chi connectivity index (χ2n) is 7.84. The Hall–Kier alpha value is -1.39. The summed E-state index contributed by atoms with van der Waals surface area (Å²) in [7, 11) is -4.67. The third kappa shape index (κ3) is 39.6. The van der Waals surface area contributed by atoms with Crippen LogP contribution in [-0.2, 0) is 15.2 Å². The van der Waals surface area contributed by atoms with E-state index in [9.17, 15) is 4.79 Å². The van der Waals surface area contributed by atoms with Crippen molar-refractivity contribution in [2.24, 2.45) is 5.73 Å². The Balaban J connectivity index is 0. The van der Waals surface area contributed by atoms with Crippen molar-refractivity contribution in [2.75, 3.05) is 13.1 Å². The predicted octanol–water partition coefficient (Wildman–Crippen LogP) is 4.19. The Morgan fingerprint density at radius 2 is 1.10 bits per heavy atom. The molecule has 1 amide bonds. The first kappa shape index (κ1) is 31.8. The van der Waals surface area contributed by atoms with Crippen LogP contribution < -0.4 is 16.4 Å². The Morgan fingerprint density at radius 3 is 1.48 bits per heavy atom. The summed E-state index contributed by atoms with van der Waals surface area (Å²) in [5.74, 6) is 0.184. The van der Waals surface area contributed by atoms with Crippen LogP contribution in [0.1, 0.15) is 110 Å². The standard InChI is InChI=1S/C21H44N4O.H2O4S/c1-2-3-4-5-6-7-8-9-10-11-12-13-14-17-20(26)24-18-15-16-19-25-21(22)23;1-5(2,3)4/h2-19H2,1H3,(H,24,26)(H4,22,23,25);(H2,1,2,3,4). The maximum Gasteiger partial charge on any atom is 0.394 e. The minimum atomic E-state index is -4.67. The molecule has 10 heteroatoms. The molecule has 31 heavy (non-hydrogen) atoms. The van der Waals surface area contributed by atoms with Crippen LogP contribution in [0.25, 0.3) is 0 Å². The van der Waals surface area contributed by atoms with Gasteiger partial charge in [-0.1, -0.05) is 84.0 Å². The van der Waals surface area contributed by atoms with E-state index in [4.69, 9.17) is 28.7 Å². The summed E-state index contributed by atoms with van der Waals surface area (Å²) in [4.78, 5) is 11.7. The first-order valence-corrected chi connectivity index (χ1v) is 13.1. The number of carbonyl (C=O) groups excluding carboxylic acids is 1. The monoisotopic (exact) mass is 466 g/mol. The predicted molar refractivity (Wildman–Crippen MR) is 127 cm³/mol. The van der Waals surface area contributed by atoms with E-state index < -0.39 is 10.4 Å². The fourth-order valence-electron chi connectivity index (χ4n) is 3.09. The van der Waals surface area contributed by atoms with Gasteiger partial charge in [0.2, 0.25) is 5.91 Å². The Bertz CT molecular complexity index is 522. The van der Waals surface area contributed by atoms with Crippen molar-refractivity contribution in [3.05, 3.63) is 0 Å². The molecule has 9 nitrogen and oxygen atoms in total. The van der Waals surface area contributed by atoms with Gasteiger partial charge >= 0.3 is 10.4 Å². The average Bonchev–Trinajstić information content (AvgIpc) is 2.66. The zero-order chi connectivity index (χ0) is 23.8. The smallest absolute Gasteiger partial charge is 0.370 e. The Labute approximate surface area is 189 Å². The molecule has 0 bridgehead atoms. The molecule has 0 aliphatic carbocycles. The van der Waals surface area contributed by atoms with Gasteiger partial charge in [-0.3, -0.25) is 19.3 Å². The topological polar surface area (TPSA) is 166 Å². The summed E-state index contributed by atoms with van der Waals surface area (Å²) in [5, 5.41) is 12.8. The molecule has 0 aliphatic heterocycles. The van der Waals surface area contributed by atoms with Crippen LogP contribution in [0.15, 0.2) is 0 Å². The van der Waals surface area contributed by atoms with Gasteiger partial charge in [-0.25, -0.2) is 0 Å². The van der Waals surface area contributed by atoms with Crippen molar-refractivity contribution >= 4 is 22.3 Å². The number of unbranched alkanes of at least 4 members (excludes halogenated alkanes) is 13. The Kier molecular flexibility index (Phi) is 23.9. The minimum absolute atomic E-state index is 0.0106. The minimum Gasteiger partial charge on any atom is -0.370 e. The molecular weight excluding hydrogens is 420 g/mol. The van der Waals surface area contributed by atoms with Crippen molar-refractivity contribution in [3.8, 4) is 0 Å². The maximum atomic E-state index is 11.7. The first-order valence-electron chi connectivity index (χ1n) is 11.7. The summed E-state index contributed by atoms with van der Waals surface area (Å²) >= 11 is 0. The van der Waals surface area contributed by atoms with Gasteiger partial charge in [-0.15, -0.1) is 0 Å².